The SMILES string of the molecule is c1ccc(-c2nc3cc4oc5cc(-c6ccc(N(c7ccc(-c8cccc9ccccc89)cc7)c7ccc8sc9ccccc9c8c7)cc6)ccc5c4cc3o2)cc1. The summed E-state index contributed by atoms with van der Waals surface area (Å²) in [5.41, 5.74) is 12.0. The van der Waals surface area contributed by atoms with E-state index in [0.717, 1.165) is 66.8 Å². The number of nitrogens with zero attached hydrogens (tertiary/aromatic N) is 2. The van der Waals surface area contributed by atoms with E-state index >= 15 is 0 Å². The molecule has 0 aliphatic heterocycles. The summed E-state index contributed by atoms with van der Waals surface area (Å²) in [6.45, 7) is 0. The summed E-state index contributed by atoms with van der Waals surface area (Å²) < 4.78 is 15.2. The highest BCUT2D eigenvalue weighted by molar-refractivity contribution is 7.25. The van der Waals surface area contributed by atoms with Gasteiger partial charge in [-0.15, -0.1) is 11.3 Å². The minimum absolute atomic E-state index is 0.607. The molecule has 12 rings (SSSR count). The minimum atomic E-state index is 0.607. The predicted molar refractivity (Wildman–Crippen MR) is 243 cm³/mol. The van der Waals surface area contributed by atoms with E-state index in [1.807, 2.05) is 53.8 Å². The first-order valence-electron chi connectivity index (χ1n) is 19.4. The molecule has 0 fully saturated rings. The van der Waals surface area contributed by atoms with Gasteiger partial charge in [-0.3, -0.25) is 0 Å². The average molecular weight is 761 g/mol. The Bertz CT molecular complexity index is 3500. The molecule has 272 valence electrons. The second-order valence-corrected chi connectivity index (χ2v) is 15.8. The van der Waals surface area contributed by atoms with E-state index in [1.54, 1.807) is 0 Å². The molecule has 0 radical (unpaired) electrons. The zero-order valence-corrected chi connectivity index (χ0v) is 31.9. The summed E-state index contributed by atoms with van der Waals surface area (Å²) in [5.74, 6) is 0.607. The van der Waals surface area contributed by atoms with Gasteiger partial charge in [0, 0.05) is 59.6 Å². The molecule has 0 aliphatic rings. The highest BCUT2D eigenvalue weighted by Gasteiger charge is 2.18. The molecule has 0 saturated heterocycles. The number of hydrogen-bond acceptors (Lipinski definition) is 5. The summed E-state index contributed by atoms with van der Waals surface area (Å²) in [5, 5.41) is 7.11. The molecule has 0 saturated carbocycles. The van der Waals surface area contributed by atoms with Gasteiger partial charge in [0.25, 0.3) is 0 Å². The van der Waals surface area contributed by atoms with Crippen LogP contribution in [0.5, 0.6) is 0 Å². The van der Waals surface area contributed by atoms with Crippen LogP contribution >= 0.6 is 11.3 Å². The van der Waals surface area contributed by atoms with Crippen molar-refractivity contribution in [3.8, 4) is 33.7 Å². The lowest BCUT2D eigenvalue weighted by Crippen LogP contribution is -2.09. The van der Waals surface area contributed by atoms with Gasteiger partial charge in [0.1, 0.15) is 16.7 Å². The highest BCUT2D eigenvalue weighted by atomic mass is 32.1. The number of aromatic nitrogens is 1. The minimum Gasteiger partial charge on any atom is -0.456 e. The van der Waals surface area contributed by atoms with E-state index in [2.05, 4.69) is 157 Å². The first-order valence-corrected chi connectivity index (χ1v) is 20.2. The van der Waals surface area contributed by atoms with Crippen LogP contribution in [0.25, 0.3) is 97.7 Å². The van der Waals surface area contributed by atoms with Crippen LogP contribution in [0, 0.1) is 0 Å². The fourth-order valence-corrected chi connectivity index (χ4v) is 9.54. The Morgan fingerprint density at radius 1 is 0.379 bits per heavy atom. The first-order chi connectivity index (χ1) is 28.7. The number of fused-ring (bicyclic) bond motifs is 8. The number of oxazole rings is 1. The molecule has 12 aromatic rings. The van der Waals surface area contributed by atoms with Gasteiger partial charge in [-0.05, 0) is 112 Å². The van der Waals surface area contributed by atoms with Gasteiger partial charge in [-0.25, -0.2) is 4.98 Å². The largest absolute Gasteiger partial charge is 0.456 e. The Morgan fingerprint density at radius 3 is 1.90 bits per heavy atom. The smallest absolute Gasteiger partial charge is 0.227 e. The number of hydrogen-bond donors (Lipinski definition) is 0. The average Bonchev–Trinajstić information content (AvgIpc) is 3.99. The molecule has 4 nitrogen and oxygen atoms in total. The number of furan rings is 1. The second-order valence-electron chi connectivity index (χ2n) is 14.7. The van der Waals surface area contributed by atoms with Gasteiger partial charge in [0.2, 0.25) is 5.89 Å². The zero-order chi connectivity index (χ0) is 38.2. The summed E-state index contributed by atoms with van der Waals surface area (Å²) in [6, 6.07) is 68.9. The normalized spacial score (nSPS) is 11.8. The van der Waals surface area contributed by atoms with Crippen molar-refractivity contribution in [2.75, 3.05) is 4.90 Å². The van der Waals surface area contributed by atoms with Crippen LogP contribution in [0.1, 0.15) is 0 Å². The molecule has 0 spiro atoms. The van der Waals surface area contributed by atoms with Crippen molar-refractivity contribution in [1.82, 2.24) is 4.98 Å². The van der Waals surface area contributed by atoms with E-state index in [4.69, 9.17) is 13.8 Å². The second kappa shape index (κ2) is 13.1. The monoisotopic (exact) mass is 760 g/mol. The Kier molecular flexibility index (Phi) is 7.37. The van der Waals surface area contributed by atoms with E-state index < -0.39 is 0 Å². The van der Waals surface area contributed by atoms with Crippen LogP contribution in [0.2, 0.25) is 0 Å². The lowest BCUT2D eigenvalue weighted by atomic mass is 9.98. The van der Waals surface area contributed by atoms with Gasteiger partial charge < -0.3 is 13.7 Å². The predicted octanol–water partition coefficient (Wildman–Crippen LogP) is 15.7. The van der Waals surface area contributed by atoms with Crippen LogP contribution in [0.4, 0.5) is 17.1 Å². The van der Waals surface area contributed by atoms with Gasteiger partial charge in [0.05, 0.1) is 0 Å². The fraction of sp³-hybridized carbons (Fsp3) is 0. The van der Waals surface area contributed by atoms with Crippen molar-refractivity contribution in [3.63, 3.8) is 0 Å². The summed E-state index contributed by atoms with van der Waals surface area (Å²) in [7, 11) is 0. The molecule has 0 unspecified atom stereocenters. The van der Waals surface area contributed by atoms with Crippen molar-refractivity contribution in [1.29, 1.82) is 0 Å². The van der Waals surface area contributed by atoms with E-state index in [0.29, 0.717) is 5.89 Å². The zero-order valence-electron chi connectivity index (χ0n) is 31.1. The molecule has 0 amide bonds. The number of anilines is 3. The number of thiophene rings is 1. The lowest BCUT2D eigenvalue weighted by molar-refractivity contribution is 0.620. The topological polar surface area (TPSA) is 42.4 Å². The van der Waals surface area contributed by atoms with Crippen LogP contribution < -0.4 is 4.90 Å². The van der Waals surface area contributed by atoms with E-state index in [1.165, 1.54) is 42.1 Å². The molecule has 5 heteroatoms. The van der Waals surface area contributed by atoms with E-state index in [9.17, 15) is 0 Å². The van der Waals surface area contributed by atoms with Gasteiger partial charge in [-0.1, -0.05) is 109 Å². The maximum Gasteiger partial charge on any atom is 0.227 e. The molecular formula is C53H32N2O2S. The Balaban J connectivity index is 0.920. The maximum absolute atomic E-state index is 6.45. The van der Waals surface area contributed by atoms with Crippen LogP contribution in [-0.4, -0.2) is 4.98 Å². The standard InChI is InChI=1S/C53H32N2O2S/c1-2-10-36(11-3-1)53-54-47-32-49-45(31-50(47)57-53)43-27-21-37(29-48(43)56-49)33-17-22-38(23-18-33)55(40-26-28-52-46(30-40)44-14-6-7-16-51(44)58-52)39-24-19-35(20-25-39)42-15-8-12-34-9-4-5-13-41(34)42/h1-32H. The van der Waals surface area contributed by atoms with Gasteiger partial charge in [-0.2, -0.15) is 0 Å². The number of rotatable bonds is 6. The Morgan fingerprint density at radius 2 is 1.05 bits per heavy atom. The molecule has 0 N–H and O–H groups in total. The molecular weight excluding hydrogens is 729 g/mol. The molecule has 58 heavy (non-hydrogen) atoms. The van der Waals surface area contributed by atoms with Gasteiger partial charge >= 0.3 is 0 Å². The first kappa shape index (κ1) is 32.7. The van der Waals surface area contributed by atoms with E-state index in [-0.39, 0.29) is 0 Å². The van der Waals surface area contributed by atoms with Crippen LogP contribution in [-0.2, 0) is 0 Å². The molecule has 0 bridgehead atoms. The quantitative estimate of drug-likeness (QED) is 0.169. The molecule has 0 aliphatic carbocycles. The third kappa shape index (κ3) is 5.40. The molecule has 3 aromatic heterocycles. The maximum atomic E-state index is 6.45. The van der Waals surface area contributed by atoms with Crippen molar-refractivity contribution >= 4 is 92.4 Å². The Labute approximate surface area is 337 Å². The molecule has 3 heterocycles. The summed E-state index contributed by atoms with van der Waals surface area (Å²) >= 11 is 1.84. The highest BCUT2D eigenvalue weighted by Crippen LogP contribution is 2.42. The van der Waals surface area contributed by atoms with Crippen molar-refractivity contribution in [2.45, 2.75) is 0 Å². The Hall–Kier alpha value is -7.47. The third-order valence-corrected chi connectivity index (χ3v) is 12.5. The van der Waals surface area contributed by atoms with Crippen LogP contribution in [0.15, 0.2) is 203 Å². The van der Waals surface area contributed by atoms with Crippen molar-refractivity contribution in [2.24, 2.45) is 0 Å². The fourth-order valence-electron chi connectivity index (χ4n) is 8.45. The molecule has 9 aromatic carbocycles. The van der Waals surface area contributed by atoms with Crippen molar-refractivity contribution in [3.05, 3.63) is 194 Å². The summed E-state index contributed by atoms with van der Waals surface area (Å²) in [4.78, 5) is 7.12. The van der Waals surface area contributed by atoms with Gasteiger partial charge in [0.15, 0.2) is 5.58 Å². The lowest BCUT2D eigenvalue weighted by Gasteiger charge is -2.26. The van der Waals surface area contributed by atoms with Crippen LogP contribution in [0.3, 0.4) is 0 Å². The molecule has 0 atom stereocenters. The number of benzene rings is 9. The summed E-state index contributed by atoms with van der Waals surface area (Å²) in [6.07, 6.45) is 0. The third-order valence-electron chi connectivity index (χ3n) is 11.3. The van der Waals surface area contributed by atoms with Crippen molar-refractivity contribution < 1.29 is 8.83 Å².